The van der Waals surface area contributed by atoms with E-state index in [1.165, 1.54) is 0 Å². The highest BCUT2D eigenvalue weighted by Gasteiger charge is 2.09. The first kappa shape index (κ1) is 9.79. The molecule has 0 unspecified atom stereocenters. The molecule has 72 valence electrons. The topological polar surface area (TPSA) is 64.9 Å². The Kier molecular flexibility index (Phi) is 2.40. The molecule has 1 aromatic heterocycles. The summed E-state index contributed by atoms with van der Waals surface area (Å²) in [5.41, 5.74) is 13.2. The van der Waals surface area contributed by atoms with E-state index < -0.39 is 0 Å². The molecular formula is C9H7ClIN3. The normalized spacial score (nSPS) is 10.7. The van der Waals surface area contributed by atoms with Crippen molar-refractivity contribution < 1.29 is 0 Å². The summed E-state index contributed by atoms with van der Waals surface area (Å²) in [4.78, 5) is 4.20. The van der Waals surface area contributed by atoms with Crippen molar-refractivity contribution in [2.24, 2.45) is 0 Å². The zero-order valence-corrected chi connectivity index (χ0v) is 10.0. The molecule has 0 fully saturated rings. The average molecular weight is 320 g/mol. The number of anilines is 2. The summed E-state index contributed by atoms with van der Waals surface area (Å²) in [7, 11) is 0. The largest absolute Gasteiger partial charge is 0.396 e. The Balaban J connectivity index is 3.01. The molecule has 0 aliphatic carbocycles. The van der Waals surface area contributed by atoms with Crippen LogP contribution in [0.25, 0.3) is 10.9 Å². The molecule has 0 amide bonds. The molecule has 14 heavy (non-hydrogen) atoms. The summed E-state index contributed by atoms with van der Waals surface area (Å²) in [5.74, 6) is 0. The molecule has 1 aromatic carbocycles. The molecule has 0 saturated carbocycles. The van der Waals surface area contributed by atoms with Crippen LogP contribution in [0.2, 0.25) is 5.02 Å². The van der Waals surface area contributed by atoms with Gasteiger partial charge in [-0.2, -0.15) is 0 Å². The number of rotatable bonds is 0. The van der Waals surface area contributed by atoms with Gasteiger partial charge in [0.1, 0.15) is 0 Å². The number of benzene rings is 1. The van der Waals surface area contributed by atoms with Gasteiger partial charge in [-0.05, 0) is 34.7 Å². The molecule has 0 spiro atoms. The van der Waals surface area contributed by atoms with E-state index in [0.717, 1.165) is 14.5 Å². The second-order valence-electron chi connectivity index (χ2n) is 2.88. The van der Waals surface area contributed by atoms with E-state index in [9.17, 15) is 0 Å². The number of nitrogens with two attached hydrogens (primary N) is 2. The van der Waals surface area contributed by atoms with Crippen LogP contribution in [0.5, 0.6) is 0 Å². The van der Waals surface area contributed by atoms with Crippen LogP contribution in [-0.2, 0) is 0 Å². The molecule has 2 aromatic rings. The minimum absolute atomic E-state index is 0.460. The van der Waals surface area contributed by atoms with Crippen LogP contribution >= 0.6 is 34.2 Å². The van der Waals surface area contributed by atoms with Gasteiger partial charge in [0.05, 0.1) is 28.1 Å². The zero-order chi connectivity index (χ0) is 10.3. The monoisotopic (exact) mass is 319 g/mol. The van der Waals surface area contributed by atoms with Crippen molar-refractivity contribution in [3.8, 4) is 0 Å². The summed E-state index contributed by atoms with van der Waals surface area (Å²) in [6, 6.07) is 3.69. The zero-order valence-electron chi connectivity index (χ0n) is 7.09. The van der Waals surface area contributed by atoms with Gasteiger partial charge in [-0.1, -0.05) is 11.6 Å². The van der Waals surface area contributed by atoms with Crippen molar-refractivity contribution in [2.45, 2.75) is 0 Å². The van der Waals surface area contributed by atoms with E-state index in [-0.39, 0.29) is 0 Å². The summed E-state index contributed by atoms with van der Waals surface area (Å²) in [5, 5.41) is 1.32. The van der Waals surface area contributed by atoms with E-state index in [0.29, 0.717) is 16.4 Å². The van der Waals surface area contributed by atoms with E-state index in [4.69, 9.17) is 23.1 Å². The molecule has 5 heteroatoms. The summed E-state index contributed by atoms with van der Waals surface area (Å²) in [6.07, 6.45) is 1.55. The molecular weight excluding hydrogens is 312 g/mol. The Morgan fingerprint density at radius 2 is 2.00 bits per heavy atom. The van der Waals surface area contributed by atoms with Crippen molar-refractivity contribution in [1.82, 2.24) is 4.98 Å². The van der Waals surface area contributed by atoms with Gasteiger partial charge in [0, 0.05) is 8.96 Å². The number of hydrogen-bond acceptors (Lipinski definition) is 3. The van der Waals surface area contributed by atoms with Crippen LogP contribution < -0.4 is 11.5 Å². The molecule has 0 saturated heterocycles. The van der Waals surface area contributed by atoms with Gasteiger partial charge in [-0.3, -0.25) is 4.98 Å². The first-order valence-corrected chi connectivity index (χ1v) is 5.34. The highest BCUT2D eigenvalue weighted by atomic mass is 127. The van der Waals surface area contributed by atoms with E-state index >= 15 is 0 Å². The van der Waals surface area contributed by atoms with Crippen LogP contribution in [0.15, 0.2) is 18.3 Å². The van der Waals surface area contributed by atoms with Crippen molar-refractivity contribution in [1.29, 1.82) is 0 Å². The Morgan fingerprint density at radius 3 is 2.71 bits per heavy atom. The molecule has 0 atom stereocenters. The van der Waals surface area contributed by atoms with Crippen LogP contribution in [0.1, 0.15) is 0 Å². The highest BCUT2D eigenvalue weighted by Crippen LogP contribution is 2.33. The third-order valence-electron chi connectivity index (χ3n) is 1.99. The number of nitrogen functional groups attached to an aromatic ring is 2. The van der Waals surface area contributed by atoms with E-state index in [1.54, 1.807) is 12.3 Å². The fraction of sp³-hybridized carbons (Fsp3) is 0. The SMILES string of the molecule is Nc1cnc2c(I)ccc(Cl)c2c1N. The van der Waals surface area contributed by atoms with Crippen molar-refractivity contribution >= 4 is 56.5 Å². The fourth-order valence-electron chi connectivity index (χ4n) is 1.27. The number of nitrogens with zero attached hydrogens (tertiary/aromatic N) is 1. The van der Waals surface area contributed by atoms with Gasteiger partial charge in [-0.15, -0.1) is 0 Å². The van der Waals surface area contributed by atoms with Crippen molar-refractivity contribution in [3.63, 3.8) is 0 Å². The summed E-state index contributed by atoms with van der Waals surface area (Å²) >= 11 is 8.21. The van der Waals surface area contributed by atoms with Gasteiger partial charge in [-0.25, -0.2) is 0 Å². The van der Waals surface area contributed by atoms with Crippen molar-refractivity contribution in [2.75, 3.05) is 11.5 Å². The number of hydrogen-bond donors (Lipinski definition) is 2. The third-order valence-corrected chi connectivity index (χ3v) is 3.18. The minimum atomic E-state index is 0.460. The van der Waals surface area contributed by atoms with Crippen LogP contribution in [0.4, 0.5) is 11.4 Å². The van der Waals surface area contributed by atoms with Gasteiger partial charge >= 0.3 is 0 Å². The van der Waals surface area contributed by atoms with Gasteiger partial charge in [0.25, 0.3) is 0 Å². The van der Waals surface area contributed by atoms with Gasteiger partial charge in [0.15, 0.2) is 0 Å². The Hall–Kier alpha value is -0.750. The maximum Gasteiger partial charge on any atom is 0.0872 e. The molecule has 1 heterocycles. The predicted molar refractivity (Wildman–Crippen MR) is 68.3 cm³/mol. The first-order valence-electron chi connectivity index (χ1n) is 3.89. The molecule has 2 rings (SSSR count). The molecule has 0 aliphatic heterocycles. The van der Waals surface area contributed by atoms with Gasteiger partial charge in [0.2, 0.25) is 0 Å². The minimum Gasteiger partial charge on any atom is -0.396 e. The molecule has 0 aliphatic rings. The Morgan fingerprint density at radius 1 is 1.29 bits per heavy atom. The number of aromatic nitrogens is 1. The fourth-order valence-corrected chi connectivity index (χ4v) is 2.11. The van der Waals surface area contributed by atoms with Gasteiger partial charge < -0.3 is 11.5 Å². The van der Waals surface area contributed by atoms with Crippen LogP contribution in [-0.4, -0.2) is 4.98 Å². The maximum absolute atomic E-state index is 6.03. The average Bonchev–Trinajstić information content (AvgIpc) is 2.16. The Labute approximate surface area is 99.6 Å². The number of fused-ring (bicyclic) bond motifs is 1. The molecule has 4 N–H and O–H groups in total. The third kappa shape index (κ3) is 1.38. The van der Waals surface area contributed by atoms with E-state index in [1.807, 2.05) is 6.07 Å². The smallest absolute Gasteiger partial charge is 0.0872 e. The number of halogens is 2. The van der Waals surface area contributed by atoms with Crippen LogP contribution in [0.3, 0.4) is 0 Å². The first-order chi connectivity index (χ1) is 6.61. The molecule has 3 nitrogen and oxygen atoms in total. The highest BCUT2D eigenvalue weighted by molar-refractivity contribution is 14.1. The standard InChI is InChI=1S/C9H7ClIN3/c10-4-1-2-5(11)9-7(4)8(13)6(12)3-14-9/h1-3H,12H2,(H2,13,14). The lowest BCUT2D eigenvalue weighted by Crippen LogP contribution is -1.98. The second-order valence-corrected chi connectivity index (χ2v) is 4.45. The lowest BCUT2D eigenvalue weighted by molar-refractivity contribution is 1.40. The summed E-state index contributed by atoms with van der Waals surface area (Å²) < 4.78 is 1.01. The summed E-state index contributed by atoms with van der Waals surface area (Å²) in [6.45, 7) is 0. The molecule has 0 bridgehead atoms. The Bertz CT molecular complexity index is 513. The van der Waals surface area contributed by atoms with E-state index in [2.05, 4.69) is 27.6 Å². The molecule has 0 radical (unpaired) electrons. The maximum atomic E-state index is 6.03. The second kappa shape index (κ2) is 3.43. The van der Waals surface area contributed by atoms with Crippen LogP contribution in [0, 0.1) is 3.57 Å². The lowest BCUT2D eigenvalue weighted by Gasteiger charge is -2.07. The predicted octanol–water partition coefficient (Wildman–Crippen LogP) is 2.66. The lowest BCUT2D eigenvalue weighted by atomic mass is 10.2. The quantitative estimate of drug-likeness (QED) is 0.734. The number of pyridine rings is 1. The van der Waals surface area contributed by atoms with Crippen molar-refractivity contribution in [3.05, 3.63) is 26.9 Å².